The SMILES string of the molecule is c1ccc(-c2cc(-c3ccccc3)nc(-n3c4ccc5ccccc5c4c4c5sc6ccccc6c5ccc43)n2)cc1. The molecule has 196 valence electrons. The van der Waals surface area contributed by atoms with Gasteiger partial charge in [-0.2, -0.15) is 0 Å². The quantitative estimate of drug-likeness (QED) is 0.218. The summed E-state index contributed by atoms with van der Waals surface area (Å²) in [5, 5.41) is 7.57. The molecule has 0 N–H and O–H groups in total. The summed E-state index contributed by atoms with van der Waals surface area (Å²) in [6.45, 7) is 0. The molecule has 0 bridgehead atoms. The Morgan fingerprint density at radius 3 is 1.81 bits per heavy atom. The molecule has 4 heteroatoms. The van der Waals surface area contributed by atoms with Crippen LogP contribution in [0.25, 0.3) is 81.2 Å². The lowest BCUT2D eigenvalue weighted by molar-refractivity contribution is 0.996. The number of benzene rings is 6. The van der Waals surface area contributed by atoms with Gasteiger partial charge in [-0.15, -0.1) is 11.3 Å². The predicted molar refractivity (Wildman–Crippen MR) is 178 cm³/mol. The number of aromatic nitrogens is 3. The van der Waals surface area contributed by atoms with Crippen molar-refractivity contribution < 1.29 is 0 Å². The number of hydrogen-bond acceptors (Lipinski definition) is 3. The van der Waals surface area contributed by atoms with Gasteiger partial charge in [0, 0.05) is 42.1 Å². The summed E-state index contributed by atoms with van der Waals surface area (Å²) in [5.41, 5.74) is 6.16. The van der Waals surface area contributed by atoms with E-state index in [1.54, 1.807) is 0 Å². The molecule has 0 radical (unpaired) electrons. The molecule has 0 spiro atoms. The molecule has 9 aromatic rings. The highest BCUT2D eigenvalue weighted by atomic mass is 32.1. The van der Waals surface area contributed by atoms with Gasteiger partial charge in [0.2, 0.25) is 5.95 Å². The van der Waals surface area contributed by atoms with Gasteiger partial charge in [0.1, 0.15) is 0 Å². The highest BCUT2D eigenvalue weighted by molar-refractivity contribution is 7.26. The molecule has 3 aromatic heterocycles. The van der Waals surface area contributed by atoms with Crippen LogP contribution in [0.1, 0.15) is 0 Å². The lowest BCUT2D eigenvalue weighted by Gasteiger charge is -2.12. The molecule has 9 rings (SSSR count). The highest BCUT2D eigenvalue weighted by Gasteiger charge is 2.21. The van der Waals surface area contributed by atoms with E-state index < -0.39 is 0 Å². The van der Waals surface area contributed by atoms with Crippen LogP contribution in [0, 0.1) is 0 Å². The van der Waals surface area contributed by atoms with Gasteiger partial charge in [-0.25, -0.2) is 9.97 Å². The van der Waals surface area contributed by atoms with Crippen LogP contribution in [0.2, 0.25) is 0 Å². The van der Waals surface area contributed by atoms with E-state index >= 15 is 0 Å². The third-order valence-corrected chi connectivity index (χ3v) is 9.42. The smallest absolute Gasteiger partial charge is 0.235 e. The molecule has 0 fully saturated rings. The first-order valence-corrected chi connectivity index (χ1v) is 14.9. The third kappa shape index (κ3) is 3.46. The minimum absolute atomic E-state index is 0.672. The van der Waals surface area contributed by atoms with E-state index in [2.05, 4.69) is 132 Å². The summed E-state index contributed by atoms with van der Waals surface area (Å²) in [7, 11) is 0. The molecular weight excluding hydrogens is 531 g/mol. The standard InChI is InChI=1S/C38H23N3S/c1-3-12-25(13-4-1)30-23-31(26-14-5-2-6-15-26)40-38(39-30)41-32-21-19-24-11-7-8-16-27(24)35(32)36-33(41)22-20-29-28-17-9-10-18-34(28)42-37(29)36/h1-23H. The number of thiophene rings is 1. The highest BCUT2D eigenvalue weighted by Crippen LogP contribution is 2.45. The van der Waals surface area contributed by atoms with Crippen LogP contribution >= 0.6 is 11.3 Å². The van der Waals surface area contributed by atoms with Crippen molar-refractivity contribution in [2.75, 3.05) is 0 Å². The zero-order valence-corrected chi connectivity index (χ0v) is 23.3. The van der Waals surface area contributed by atoms with Gasteiger partial charge in [-0.3, -0.25) is 4.57 Å². The predicted octanol–water partition coefficient (Wildman–Crippen LogP) is 10.4. The van der Waals surface area contributed by atoms with Gasteiger partial charge in [0.05, 0.1) is 22.4 Å². The summed E-state index contributed by atoms with van der Waals surface area (Å²) in [6.07, 6.45) is 0. The molecule has 0 saturated heterocycles. The Morgan fingerprint density at radius 2 is 1.07 bits per heavy atom. The maximum atomic E-state index is 5.23. The summed E-state index contributed by atoms with van der Waals surface area (Å²) in [4.78, 5) is 10.5. The molecule has 0 aliphatic rings. The molecule has 0 atom stereocenters. The minimum Gasteiger partial charge on any atom is -0.278 e. The van der Waals surface area contributed by atoms with Crippen molar-refractivity contribution in [1.82, 2.24) is 14.5 Å². The Labute approximate surface area is 246 Å². The monoisotopic (exact) mass is 553 g/mol. The van der Waals surface area contributed by atoms with Crippen LogP contribution < -0.4 is 0 Å². The van der Waals surface area contributed by atoms with E-state index in [4.69, 9.17) is 9.97 Å². The molecule has 3 heterocycles. The second-order valence-corrected chi connectivity index (χ2v) is 11.7. The van der Waals surface area contributed by atoms with Gasteiger partial charge < -0.3 is 0 Å². The molecule has 42 heavy (non-hydrogen) atoms. The van der Waals surface area contributed by atoms with Crippen molar-refractivity contribution in [2.24, 2.45) is 0 Å². The van der Waals surface area contributed by atoms with Gasteiger partial charge in [-0.05, 0) is 35.0 Å². The molecular formula is C38H23N3S. The second kappa shape index (κ2) is 9.10. The van der Waals surface area contributed by atoms with Gasteiger partial charge in [0.15, 0.2) is 0 Å². The first kappa shape index (κ1) is 23.4. The van der Waals surface area contributed by atoms with E-state index in [1.165, 1.54) is 41.7 Å². The summed E-state index contributed by atoms with van der Waals surface area (Å²) < 4.78 is 4.87. The molecule has 3 nitrogen and oxygen atoms in total. The van der Waals surface area contributed by atoms with E-state index in [9.17, 15) is 0 Å². The molecule has 0 aliphatic carbocycles. The first-order chi connectivity index (χ1) is 20.8. The van der Waals surface area contributed by atoms with Crippen LogP contribution in [0.15, 0.2) is 140 Å². The Kier molecular flexibility index (Phi) is 5.07. The first-order valence-electron chi connectivity index (χ1n) is 14.1. The van der Waals surface area contributed by atoms with Crippen molar-refractivity contribution in [2.45, 2.75) is 0 Å². The van der Waals surface area contributed by atoms with E-state index in [0.717, 1.165) is 33.5 Å². The summed E-state index contributed by atoms with van der Waals surface area (Å²) >= 11 is 1.87. The van der Waals surface area contributed by atoms with Gasteiger partial charge in [-0.1, -0.05) is 115 Å². The van der Waals surface area contributed by atoms with Crippen molar-refractivity contribution in [3.63, 3.8) is 0 Å². The van der Waals surface area contributed by atoms with Crippen molar-refractivity contribution in [1.29, 1.82) is 0 Å². The zero-order valence-electron chi connectivity index (χ0n) is 22.5. The van der Waals surface area contributed by atoms with Crippen LogP contribution in [0.4, 0.5) is 0 Å². The minimum atomic E-state index is 0.672. The lowest BCUT2D eigenvalue weighted by atomic mass is 10.0. The molecule has 0 unspecified atom stereocenters. The molecule has 0 aliphatic heterocycles. The zero-order chi connectivity index (χ0) is 27.6. The van der Waals surface area contributed by atoms with Crippen LogP contribution in [-0.4, -0.2) is 14.5 Å². The van der Waals surface area contributed by atoms with E-state index in [1.807, 2.05) is 23.5 Å². The van der Waals surface area contributed by atoms with E-state index in [-0.39, 0.29) is 0 Å². The topological polar surface area (TPSA) is 30.7 Å². The molecule has 6 aromatic carbocycles. The summed E-state index contributed by atoms with van der Waals surface area (Å²) in [6, 6.07) is 49.2. The lowest BCUT2D eigenvalue weighted by Crippen LogP contribution is -2.04. The van der Waals surface area contributed by atoms with Crippen molar-refractivity contribution in [3.05, 3.63) is 140 Å². The fraction of sp³-hybridized carbons (Fsp3) is 0. The number of rotatable bonds is 3. The second-order valence-electron chi connectivity index (χ2n) is 10.6. The maximum Gasteiger partial charge on any atom is 0.235 e. The van der Waals surface area contributed by atoms with Crippen LogP contribution in [0.5, 0.6) is 0 Å². The number of fused-ring (bicyclic) bond motifs is 9. The van der Waals surface area contributed by atoms with Crippen LogP contribution in [-0.2, 0) is 0 Å². The normalized spacial score (nSPS) is 11.8. The van der Waals surface area contributed by atoms with Gasteiger partial charge in [0.25, 0.3) is 0 Å². The maximum absolute atomic E-state index is 5.23. The molecule has 0 amide bonds. The Bertz CT molecular complexity index is 2400. The van der Waals surface area contributed by atoms with E-state index in [0.29, 0.717) is 5.95 Å². The fourth-order valence-corrected chi connectivity index (χ4v) is 7.56. The van der Waals surface area contributed by atoms with Crippen molar-refractivity contribution >= 4 is 64.1 Å². The van der Waals surface area contributed by atoms with Crippen LogP contribution in [0.3, 0.4) is 0 Å². The fourth-order valence-electron chi connectivity index (χ4n) is 6.31. The number of nitrogens with zero attached hydrogens (tertiary/aromatic N) is 3. The average Bonchev–Trinajstić information content (AvgIpc) is 3.61. The Balaban J connectivity index is 1.46. The summed E-state index contributed by atoms with van der Waals surface area (Å²) in [5.74, 6) is 0.672. The Hall–Kier alpha value is -5.32. The number of hydrogen-bond donors (Lipinski definition) is 0. The third-order valence-electron chi connectivity index (χ3n) is 8.22. The largest absolute Gasteiger partial charge is 0.278 e. The Morgan fingerprint density at radius 1 is 0.476 bits per heavy atom. The molecule has 0 saturated carbocycles. The van der Waals surface area contributed by atoms with Crippen molar-refractivity contribution in [3.8, 4) is 28.5 Å². The average molecular weight is 554 g/mol. The van der Waals surface area contributed by atoms with Gasteiger partial charge >= 0.3 is 0 Å².